The molecule has 1 aromatic carbocycles. The highest BCUT2D eigenvalue weighted by atomic mass is 32.2. The summed E-state index contributed by atoms with van der Waals surface area (Å²) in [6.45, 7) is 0. The van der Waals surface area contributed by atoms with Crippen LogP contribution in [0.2, 0.25) is 0 Å². The second-order valence-corrected chi connectivity index (χ2v) is 7.87. The van der Waals surface area contributed by atoms with Crippen LogP contribution in [0.5, 0.6) is 0 Å². The molecule has 0 radical (unpaired) electrons. The number of pyridine rings is 1. The van der Waals surface area contributed by atoms with E-state index in [1.165, 1.54) is 24.5 Å². The molecule has 0 aliphatic carbocycles. The average Bonchev–Trinajstić information content (AvgIpc) is 2.88. The zero-order valence-corrected chi connectivity index (χ0v) is 13.5. The minimum atomic E-state index is -3.06. The van der Waals surface area contributed by atoms with Crippen LogP contribution in [0.15, 0.2) is 42.7 Å². The number of carbonyl (C=O) groups excluding carboxylic acids is 1. The largest absolute Gasteiger partial charge is 0.352 e. The third-order valence-electron chi connectivity index (χ3n) is 3.72. The first kappa shape index (κ1) is 16.4. The van der Waals surface area contributed by atoms with Gasteiger partial charge in [0, 0.05) is 12.2 Å². The van der Waals surface area contributed by atoms with Crippen LogP contribution in [-0.4, -0.2) is 36.9 Å². The van der Waals surface area contributed by atoms with Crippen LogP contribution in [0.4, 0.5) is 15.8 Å². The van der Waals surface area contributed by atoms with Gasteiger partial charge in [-0.3, -0.25) is 9.78 Å². The fraction of sp³-hybridized carbons (Fsp3) is 0.250. The molecule has 1 saturated heterocycles. The molecule has 2 heterocycles. The maximum Gasteiger partial charge on any atom is 0.253 e. The Morgan fingerprint density at radius 1 is 1.25 bits per heavy atom. The lowest BCUT2D eigenvalue weighted by atomic mass is 10.2. The molecule has 2 N–H and O–H groups in total. The van der Waals surface area contributed by atoms with Gasteiger partial charge in [-0.2, -0.15) is 0 Å². The molecule has 0 spiro atoms. The van der Waals surface area contributed by atoms with Crippen molar-refractivity contribution in [3.63, 3.8) is 0 Å². The molecule has 3 rings (SSSR count). The van der Waals surface area contributed by atoms with Crippen molar-refractivity contribution in [2.24, 2.45) is 0 Å². The molecule has 0 saturated carbocycles. The van der Waals surface area contributed by atoms with Gasteiger partial charge in [0.15, 0.2) is 9.84 Å². The van der Waals surface area contributed by atoms with Crippen molar-refractivity contribution in [3.05, 3.63) is 54.1 Å². The van der Waals surface area contributed by atoms with E-state index in [1.807, 2.05) is 0 Å². The van der Waals surface area contributed by atoms with Gasteiger partial charge in [0.05, 0.1) is 34.6 Å². The van der Waals surface area contributed by atoms with Gasteiger partial charge in [0.2, 0.25) is 0 Å². The van der Waals surface area contributed by atoms with Gasteiger partial charge in [-0.05, 0) is 24.6 Å². The van der Waals surface area contributed by atoms with E-state index >= 15 is 0 Å². The van der Waals surface area contributed by atoms with Crippen molar-refractivity contribution in [3.8, 4) is 0 Å². The molecule has 1 aliphatic rings. The third-order valence-corrected chi connectivity index (χ3v) is 5.49. The Hall–Kier alpha value is -2.48. The molecule has 1 aliphatic heterocycles. The summed E-state index contributed by atoms with van der Waals surface area (Å²) >= 11 is 0. The number of hydrogen-bond donors (Lipinski definition) is 2. The Kier molecular flexibility index (Phi) is 4.48. The average molecular weight is 349 g/mol. The first-order valence-corrected chi connectivity index (χ1v) is 9.23. The van der Waals surface area contributed by atoms with Crippen LogP contribution in [0.3, 0.4) is 0 Å². The second kappa shape index (κ2) is 6.56. The summed E-state index contributed by atoms with van der Waals surface area (Å²) in [5.41, 5.74) is 1.02. The molecule has 8 heteroatoms. The summed E-state index contributed by atoms with van der Waals surface area (Å²) in [5.74, 6) is -0.768. The van der Waals surface area contributed by atoms with E-state index in [0.29, 0.717) is 12.1 Å². The van der Waals surface area contributed by atoms with E-state index in [2.05, 4.69) is 15.6 Å². The zero-order valence-electron chi connectivity index (χ0n) is 12.7. The molecule has 6 nitrogen and oxygen atoms in total. The number of sulfone groups is 1. The van der Waals surface area contributed by atoms with Gasteiger partial charge in [0.25, 0.3) is 5.91 Å². The first-order valence-electron chi connectivity index (χ1n) is 7.41. The van der Waals surface area contributed by atoms with E-state index < -0.39 is 21.6 Å². The lowest BCUT2D eigenvalue weighted by molar-refractivity contribution is 0.0941. The quantitative estimate of drug-likeness (QED) is 0.880. The minimum Gasteiger partial charge on any atom is -0.352 e. The molecule has 1 amide bonds. The van der Waals surface area contributed by atoms with Crippen molar-refractivity contribution in [2.45, 2.75) is 12.5 Å². The van der Waals surface area contributed by atoms with Gasteiger partial charge >= 0.3 is 0 Å². The number of aromatic nitrogens is 1. The predicted molar refractivity (Wildman–Crippen MR) is 88.4 cm³/mol. The van der Waals surface area contributed by atoms with Gasteiger partial charge < -0.3 is 10.6 Å². The molecule has 126 valence electrons. The molecular weight excluding hydrogens is 333 g/mol. The summed E-state index contributed by atoms with van der Waals surface area (Å²) in [6.07, 6.45) is 3.27. The number of para-hydroxylation sites is 1. The van der Waals surface area contributed by atoms with Crippen LogP contribution >= 0.6 is 0 Å². The smallest absolute Gasteiger partial charge is 0.253 e. The molecule has 0 bridgehead atoms. The van der Waals surface area contributed by atoms with Crippen LogP contribution in [0, 0.1) is 5.82 Å². The number of carbonyl (C=O) groups is 1. The van der Waals surface area contributed by atoms with Crippen molar-refractivity contribution in [1.82, 2.24) is 10.3 Å². The minimum absolute atomic E-state index is 0.0423. The molecule has 1 fully saturated rings. The number of rotatable bonds is 4. The second-order valence-electron chi connectivity index (χ2n) is 5.64. The summed E-state index contributed by atoms with van der Waals surface area (Å²) in [5, 5.41) is 5.55. The highest BCUT2D eigenvalue weighted by Gasteiger charge is 2.29. The predicted octanol–water partition coefficient (Wildman–Crippen LogP) is 1.88. The monoisotopic (exact) mass is 349 g/mol. The van der Waals surface area contributed by atoms with Crippen molar-refractivity contribution < 1.29 is 17.6 Å². The number of amides is 1. The van der Waals surface area contributed by atoms with Crippen LogP contribution in [-0.2, 0) is 9.84 Å². The lowest BCUT2D eigenvalue weighted by Gasteiger charge is -2.12. The van der Waals surface area contributed by atoms with Crippen molar-refractivity contribution in [2.75, 3.05) is 16.8 Å². The zero-order chi connectivity index (χ0) is 17.2. The number of nitrogens with zero attached hydrogens (tertiary/aromatic N) is 1. The Balaban J connectivity index is 1.71. The maximum atomic E-state index is 13.7. The van der Waals surface area contributed by atoms with E-state index in [0.717, 1.165) is 0 Å². The highest BCUT2D eigenvalue weighted by Crippen LogP contribution is 2.20. The van der Waals surface area contributed by atoms with E-state index in [-0.39, 0.29) is 28.8 Å². The summed E-state index contributed by atoms with van der Waals surface area (Å²) in [6, 6.07) is 7.33. The summed E-state index contributed by atoms with van der Waals surface area (Å²) in [7, 11) is -3.06. The maximum absolute atomic E-state index is 13.7. The summed E-state index contributed by atoms with van der Waals surface area (Å²) < 4.78 is 36.5. The van der Waals surface area contributed by atoms with E-state index in [4.69, 9.17) is 0 Å². The van der Waals surface area contributed by atoms with Gasteiger partial charge in [0.1, 0.15) is 5.82 Å². The number of nitrogens with one attached hydrogen (secondary N) is 2. The SMILES string of the molecule is O=C(NC1CCS(=O)(=O)C1)c1cncc(Nc2ccccc2F)c1. The van der Waals surface area contributed by atoms with Gasteiger partial charge in [-0.25, -0.2) is 12.8 Å². The third kappa shape index (κ3) is 3.88. The van der Waals surface area contributed by atoms with Crippen LogP contribution < -0.4 is 10.6 Å². The van der Waals surface area contributed by atoms with Crippen molar-refractivity contribution >= 4 is 27.1 Å². The van der Waals surface area contributed by atoms with E-state index in [9.17, 15) is 17.6 Å². The molecular formula is C16H16FN3O3S. The number of benzene rings is 1. The topological polar surface area (TPSA) is 88.2 Å². The van der Waals surface area contributed by atoms with Gasteiger partial charge in [-0.1, -0.05) is 12.1 Å². The Morgan fingerprint density at radius 3 is 2.75 bits per heavy atom. The van der Waals surface area contributed by atoms with E-state index in [1.54, 1.807) is 18.2 Å². The Labute approximate surface area is 139 Å². The van der Waals surface area contributed by atoms with Crippen LogP contribution in [0.25, 0.3) is 0 Å². The first-order chi connectivity index (χ1) is 11.4. The molecule has 24 heavy (non-hydrogen) atoms. The van der Waals surface area contributed by atoms with Crippen molar-refractivity contribution in [1.29, 1.82) is 0 Å². The number of halogens is 1. The lowest BCUT2D eigenvalue weighted by Crippen LogP contribution is -2.35. The fourth-order valence-corrected chi connectivity index (χ4v) is 4.20. The molecule has 1 atom stereocenters. The van der Waals surface area contributed by atoms with Crippen LogP contribution in [0.1, 0.15) is 16.8 Å². The van der Waals surface area contributed by atoms with Gasteiger partial charge in [-0.15, -0.1) is 0 Å². The molecule has 1 unspecified atom stereocenters. The fourth-order valence-electron chi connectivity index (χ4n) is 2.53. The number of hydrogen-bond acceptors (Lipinski definition) is 5. The molecule has 2 aromatic rings. The summed E-state index contributed by atoms with van der Waals surface area (Å²) in [4.78, 5) is 16.2. The Morgan fingerprint density at radius 2 is 2.04 bits per heavy atom. The normalized spacial score (nSPS) is 19.0. The highest BCUT2D eigenvalue weighted by molar-refractivity contribution is 7.91. The Bertz CT molecular complexity index is 870. The molecule has 1 aromatic heterocycles. The standard InChI is InChI=1S/C16H16FN3O3S/c17-14-3-1-2-4-15(14)19-13-7-11(8-18-9-13)16(21)20-12-5-6-24(22,23)10-12/h1-4,7-9,12,19H,5-6,10H2,(H,20,21). The number of anilines is 2.